The molecule has 1 aromatic rings. The largest absolute Gasteiger partial charge is 0.495 e. The van der Waals surface area contributed by atoms with Crippen molar-refractivity contribution in [2.24, 2.45) is 0 Å². The summed E-state index contributed by atoms with van der Waals surface area (Å²) >= 11 is 11.9. The van der Waals surface area contributed by atoms with Crippen molar-refractivity contribution < 1.29 is 9.53 Å². The summed E-state index contributed by atoms with van der Waals surface area (Å²) < 4.78 is 5.14. The van der Waals surface area contributed by atoms with E-state index in [1.807, 2.05) is 26.8 Å². The Balaban J connectivity index is 0.000000697. The van der Waals surface area contributed by atoms with E-state index in [9.17, 15) is 4.79 Å². The Kier molecular flexibility index (Phi) is 11.0. The van der Waals surface area contributed by atoms with Crippen LogP contribution in [0.2, 0.25) is 5.02 Å². The minimum Gasteiger partial charge on any atom is -0.495 e. The molecule has 0 saturated heterocycles. The third-order valence-electron chi connectivity index (χ3n) is 3.01. The first-order valence-electron chi connectivity index (χ1n) is 7.83. The van der Waals surface area contributed by atoms with Crippen LogP contribution in [0.5, 0.6) is 5.75 Å². The minimum absolute atomic E-state index is 0.221. The molecule has 0 spiro atoms. The molecule has 5 heteroatoms. The number of ether oxygens (including phenoxy) is 1. The van der Waals surface area contributed by atoms with Crippen LogP contribution in [0.1, 0.15) is 50.5 Å². The zero-order valence-electron chi connectivity index (χ0n) is 15.8. The fourth-order valence-electron chi connectivity index (χ4n) is 1.93. The highest BCUT2D eigenvalue weighted by atomic mass is 35.5. The van der Waals surface area contributed by atoms with Crippen LogP contribution in [-0.2, 0) is 5.88 Å². The van der Waals surface area contributed by atoms with Gasteiger partial charge >= 0.3 is 0 Å². The molecule has 25 heavy (non-hydrogen) atoms. The molecule has 138 valence electrons. The van der Waals surface area contributed by atoms with E-state index < -0.39 is 0 Å². The Morgan fingerprint density at radius 3 is 2.24 bits per heavy atom. The van der Waals surface area contributed by atoms with Gasteiger partial charge in [0.15, 0.2) is 0 Å². The monoisotopic (exact) mass is 383 g/mol. The number of hydrogen-bond donors (Lipinski definition) is 1. The number of amides is 1. The third-order valence-corrected chi connectivity index (χ3v) is 3.58. The summed E-state index contributed by atoms with van der Waals surface area (Å²) in [6.07, 6.45) is 3.87. The Morgan fingerprint density at radius 1 is 1.28 bits per heavy atom. The maximum absolute atomic E-state index is 11.9. The normalized spacial score (nSPS) is 10.3. The van der Waals surface area contributed by atoms with Crippen molar-refractivity contribution in [1.29, 1.82) is 0 Å². The van der Waals surface area contributed by atoms with E-state index in [0.29, 0.717) is 21.9 Å². The van der Waals surface area contributed by atoms with Gasteiger partial charge < -0.3 is 10.1 Å². The molecule has 0 aromatic heterocycles. The fourth-order valence-corrected chi connectivity index (χ4v) is 2.44. The second-order valence-corrected chi connectivity index (χ2v) is 6.45. The van der Waals surface area contributed by atoms with E-state index in [1.165, 1.54) is 12.7 Å². The van der Waals surface area contributed by atoms with Gasteiger partial charge in [-0.25, -0.2) is 0 Å². The molecule has 0 saturated carbocycles. The van der Waals surface area contributed by atoms with E-state index in [-0.39, 0.29) is 11.8 Å². The number of allylic oxidation sites excluding steroid dienone is 5. The van der Waals surface area contributed by atoms with Gasteiger partial charge in [0.2, 0.25) is 0 Å². The molecule has 0 bridgehead atoms. The van der Waals surface area contributed by atoms with Crippen molar-refractivity contribution in [3.05, 3.63) is 63.9 Å². The van der Waals surface area contributed by atoms with E-state index in [4.69, 9.17) is 27.9 Å². The van der Waals surface area contributed by atoms with Crippen LogP contribution in [0.15, 0.2) is 47.7 Å². The van der Waals surface area contributed by atoms with Crippen molar-refractivity contribution in [3.63, 3.8) is 0 Å². The number of rotatable bonds is 5. The van der Waals surface area contributed by atoms with Crippen molar-refractivity contribution in [1.82, 2.24) is 5.32 Å². The van der Waals surface area contributed by atoms with Crippen LogP contribution >= 0.6 is 23.2 Å². The zero-order chi connectivity index (χ0) is 19.6. The second kappa shape index (κ2) is 11.8. The molecule has 0 aliphatic carbocycles. The Bertz CT molecular complexity index is 673. The molecule has 0 fully saturated rings. The van der Waals surface area contributed by atoms with Crippen LogP contribution in [0, 0.1) is 0 Å². The molecular weight excluding hydrogens is 357 g/mol. The highest BCUT2D eigenvalue weighted by Gasteiger charge is 2.14. The molecule has 1 aromatic carbocycles. The van der Waals surface area contributed by atoms with Gasteiger partial charge in [0.05, 0.1) is 18.0 Å². The lowest BCUT2D eigenvalue weighted by Gasteiger charge is -2.11. The van der Waals surface area contributed by atoms with Gasteiger partial charge in [-0.1, -0.05) is 41.5 Å². The van der Waals surface area contributed by atoms with Gasteiger partial charge in [-0.05, 0) is 46.8 Å². The number of carbonyl (C=O) groups excluding carboxylic acids is 1. The van der Waals surface area contributed by atoms with E-state index in [2.05, 4.69) is 31.8 Å². The molecule has 0 unspecified atom stereocenters. The topological polar surface area (TPSA) is 38.3 Å². The van der Waals surface area contributed by atoms with E-state index in [1.54, 1.807) is 12.1 Å². The molecular formula is C20H27Cl2NO2. The molecule has 3 nitrogen and oxygen atoms in total. The predicted octanol–water partition coefficient (Wildman–Crippen LogP) is 6.27. The first kappa shape index (κ1) is 23.3. The van der Waals surface area contributed by atoms with Gasteiger partial charge in [0.1, 0.15) is 5.75 Å². The lowest BCUT2D eigenvalue weighted by molar-refractivity contribution is 0.0966. The van der Waals surface area contributed by atoms with Crippen LogP contribution in [-0.4, -0.2) is 13.0 Å². The number of alkyl halides is 1. The van der Waals surface area contributed by atoms with Crippen LogP contribution < -0.4 is 10.1 Å². The number of nitrogens with one attached hydrogen (secondary N) is 1. The number of carbonyl (C=O) groups is 1. The lowest BCUT2D eigenvalue weighted by atomic mass is 10.1. The molecule has 1 rings (SSSR count). The molecule has 1 amide bonds. The summed E-state index contributed by atoms with van der Waals surface area (Å²) in [5.74, 6) is 0.513. The first-order valence-corrected chi connectivity index (χ1v) is 8.74. The average molecular weight is 384 g/mol. The van der Waals surface area contributed by atoms with Crippen LogP contribution in [0.3, 0.4) is 0 Å². The highest BCUT2D eigenvalue weighted by Crippen LogP contribution is 2.31. The molecule has 1 N–H and O–H groups in total. The smallest absolute Gasteiger partial charge is 0.255 e. The summed E-state index contributed by atoms with van der Waals surface area (Å²) in [6, 6.07) is 3.24. The fraction of sp³-hybridized carbons (Fsp3) is 0.350. The maximum atomic E-state index is 11.9. The predicted molar refractivity (Wildman–Crippen MR) is 109 cm³/mol. The zero-order valence-corrected chi connectivity index (χ0v) is 17.3. The molecule has 0 heterocycles. The summed E-state index contributed by atoms with van der Waals surface area (Å²) in [4.78, 5) is 11.9. The SMILES string of the molecule is C/C=C(\C)NC(=O)c1cc(Cl)c(OC)c(CCl)c1.C=C(C)C=C(C)C. The molecule has 0 aliphatic heterocycles. The maximum Gasteiger partial charge on any atom is 0.255 e. The third kappa shape index (κ3) is 8.80. The van der Waals surface area contributed by atoms with Crippen molar-refractivity contribution in [2.45, 2.75) is 40.5 Å². The molecule has 0 atom stereocenters. The van der Waals surface area contributed by atoms with Crippen molar-refractivity contribution in [3.8, 4) is 5.75 Å². The Labute approximate surface area is 161 Å². The molecule has 0 aliphatic rings. The van der Waals surface area contributed by atoms with Gasteiger partial charge in [0.25, 0.3) is 5.91 Å². The van der Waals surface area contributed by atoms with Gasteiger partial charge in [-0.2, -0.15) is 0 Å². The minimum atomic E-state index is -0.221. The van der Waals surface area contributed by atoms with E-state index >= 15 is 0 Å². The summed E-state index contributed by atoms with van der Waals surface area (Å²) in [5, 5.41) is 3.12. The number of hydrogen-bond acceptors (Lipinski definition) is 2. The summed E-state index contributed by atoms with van der Waals surface area (Å²) in [5.41, 5.74) is 4.36. The number of methoxy groups -OCH3 is 1. The van der Waals surface area contributed by atoms with Crippen molar-refractivity contribution in [2.75, 3.05) is 7.11 Å². The van der Waals surface area contributed by atoms with Gasteiger partial charge in [-0.15, -0.1) is 11.6 Å². The number of halogens is 2. The second-order valence-electron chi connectivity index (χ2n) is 5.78. The first-order chi connectivity index (χ1) is 11.7. The standard InChI is InChI=1S/C13H15Cl2NO2.C7H12/c1-4-8(2)16-13(17)9-5-10(7-14)12(18-3)11(15)6-9;1-6(2)5-7(3)4/h4-6H,7H2,1-3H3,(H,16,17);5H,1H2,2-4H3/b8-4+;. The summed E-state index contributed by atoms with van der Waals surface area (Å²) in [7, 11) is 1.51. The Hall–Kier alpha value is -1.71. The molecule has 0 radical (unpaired) electrons. The van der Waals surface area contributed by atoms with Crippen LogP contribution in [0.25, 0.3) is 0 Å². The number of benzene rings is 1. The lowest BCUT2D eigenvalue weighted by Crippen LogP contribution is -2.21. The van der Waals surface area contributed by atoms with Crippen molar-refractivity contribution >= 4 is 29.1 Å². The summed E-state index contributed by atoms with van der Waals surface area (Å²) in [6.45, 7) is 13.5. The van der Waals surface area contributed by atoms with Gasteiger partial charge in [0, 0.05) is 16.8 Å². The highest BCUT2D eigenvalue weighted by molar-refractivity contribution is 6.32. The van der Waals surface area contributed by atoms with E-state index in [0.717, 1.165) is 11.3 Å². The average Bonchev–Trinajstić information content (AvgIpc) is 2.52. The Morgan fingerprint density at radius 2 is 1.88 bits per heavy atom. The quantitative estimate of drug-likeness (QED) is 0.480. The van der Waals surface area contributed by atoms with Crippen LogP contribution in [0.4, 0.5) is 0 Å². The van der Waals surface area contributed by atoms with Gasteiger partial charge in [-0.3, -0.25) is 4.79 Å².